The van der Waals surface area contributed by atoms with Crippen molar-refractivity contribution in [1.82, 2.24) is 20.4 Å². The van der Waals surface area contributed by atoms with Gasteiger partial charge in [0.05, 0.1) is 5.69 Å². The van der Waals surface area contributed by atoms with E-state index in [9.17, 15) is 18.8 Å². The SMILES string of the molecule is O=C(CCc1[nH]n(-c2ccc(F)cc2)c(=O)c1Cc1ccccc1)N[C@H]1CCNC1=O. The molecule has 4 rings (SSSR count). The number of aromatic nitrogens is 2. The van der Waals surface area contributed by atoms with Crippen molar-refractivity contribution >= 4 is 11.8 Å². The van der Waals surface area contributed by atoms with Crippen LogP contribution < -0.4 is 16.2 Å². The van der Waals surface area contributed by atoms with Crippen LogP contribution in [0.2, 0.25) is 0 Å². The minimum Gasteiger partial charge on any atom is -0.354 e. The van der Waals surface area contributed by atoms with Gasteiger partial charge in [0.2, 0.25) is 11.8 Å². The van der Waals surface area contributed by atoms with Crippen molar-refractivity contribution in [3.8, 4) is 5.69 Å². The van der Waals surface area contributed by atoms with E-state index in [0.717, 1.165) is 5.56 Å². The molecule has 0 radical (unpaired) electrons. The Bertz CT molecular complexity index is 1140. The molecular formula is C23H23FN4O3. The Kier molecular flexibility index (Phi) is 5.97. The maximum atomic E-state index is 13.3. The van der Waals surface area contributed by atoms with Crippen LogP contribution in [0.1, 0.15) is 29.7 Å². The number of nitrogens with zero attached hydrogens (tertiary/aromatic N) is 1. The van der Waals surface area contributed by atoms with Gasteiger partial charge in [-0.2, -0.15) is 0 Å². The van der Waals surface area contributed by atoms with Crippen molar-refractivity contribution in [3.05, 3.63) is 87.6 Å². The average Bonchev–Trinajstić information content (AvgIpc) is 3.31. The smallest absolute Gasteiger partial charge is 0.275 e. The number of carbonyl (C=O) groups is 2. The summed E-state index contributed by atoms with van der Waals surface area (Å²) in [5.74, 6) is -0.808. The number of H-pyrrole nitrogens is 1. The van der Waals surface area contributed by atoms with Crippen molar-refractivity contribution < 1.29 is 14.0 Å². The highest BCUT2D eigenvalue weighted by atomic mass is 19.1. The second-order valence-corrected chi connectivity index (χ2v) is 7.55. The fraction of sp³-hybridized carbons (Fsp3) is 0.261. The molecule has 7 nitrogen and oxygen atoms in total. The molecule has 0 saturated carbocycles. The standard InChI is InChI=1S/C23H23FN4O3/c24-16-6-8-17(9-7-16)28-23(31)18(14-15-4-2-1-3-5-15)19(27-28)10-11-21(29)26-20-12-13-25-22(20)30/h1-9,20,27H,10-14H2,(H,25,30)(H,26,29)/t20-/m0/s1. The van der Waals surface area contributed by atoms with Gasteiger partial charge >= 0.3 is 0 Å². The topological polar surface area (TPSA) is 96.0 Å². The summed E-state index contributed by atoms with van der Waals surface area (Å²) in [5, 5.41) is 8.51. The second-order valence-electron chi connectivity index (χ2n) is 7.55. The third kappa shape index (κ3) is 4.74. The summed E-state index contributed by atoms with van der Waals surface area (Å²) in [6, 6.07) is 14.7. The zero-order chi connectivity index (χ0) is 21.8. The van der Waals surface area contributed by atoms with Crippen LogP contribution >= 0.6 is 0 Å². The number of aryl methyl sites for hydroxylation is 1. The van der Waals surface area contributed by atoms with E-state index in [0.29, 0.717) is 42.8 Å². The molecule has 1 fully saturated rings. The van der Waals surface area contributed by atoms with Gasteiger partial charge in [0.1, 0.15) is 11.9 Å². The first-order chi connectivity index (χ1) is 15.0. The van der Waals surface area contributed by atoms with E-state index in [1.165, 1.54) is 28.9 Å². The van der Waals surface area contributed by atoms with E-state index in [4.69, 9.17) is 0 Å². The number of nitrogens with one attached hydrogen (secondary N) is 3. The first kappa shape index (κ1) is 20.6. The molecule has 0 spiro atoms. The Morgan fingerprint density at radius 1 is 1.10 bits per heavy atom. The van der Waals surface area contributed by atoms with Gasteiger partial charge in [-0.1, -0.05) is 30.3 Å². The van der Waals surface area contributed by atoms with Crippen molar-refractivity contribution in [3.63, 3.8) is 0 Å². The Balaban J connectivity index is 1.57. The third-order valence-electron chi connectivity index (χ3n) is 5.37. The molecule has 0 bridgehead atoms. The minimum atomic E-state index is -0.501. The van der Waals surface area contributed by atoms with Crippen LogP contribution in [0.15, 0.2) is 59.4 Å². The monoisotopic (exact) mass is 422 g/mol. The fourth-order valence-corrected chi connectivity index (χ4v) is 3.72. The average molecular weight is 422 g/mol. The molecule has 1 saturated heterocycles. The number of rotatable bonds is 7. The van der Waals surface area contributed by atoms with E-state index in [2.05, 4.69) is 15.7 Å². The summed E-state index contributed by atoms with van der Waals surface area (Å²) in [6.07, 6.45) is 1.43. The number of amides is 2. The molecule has 2 amide bonds. The zero-order valence-electron chi connectivity index (χ0n) is 16.9. The van der Waals surface area contributed by atoms with Crippen molar-refractivity contribution in [2.45, 2.75) is 31.7 Å². The van der Waals surface area contributed by atoms with Gasteiger partial charge in [-0.3, -0.25) is 19.5 Å². The van der Waals surface area contributed by atoms with Gasteiger partial charge < -0.3 is 10.6 Å². The van der Waals surface area contributed by atoms with Gasteiger partial charge in [-0.25, -0.2) is 9.07 Å². The Morgan fingerprint density at radius 3 is 2.52 bits per heavy atom. The Morgan fingerprint density at radius 2 is 1.84 bits per heavy atom. The molecule has 1 aliphatic rings. The summed E-state index contributed by atoms with van der Waals surface area (Å²) in [7, 11) is 0. The highest BCUT2D eigenvalue weighted by molar-refractivity contribution is 5.89. The maximum Gasteiger partial charge on any atom is 0.275 e. The number of hydrogen-bond donors (Lipinski definition) is 3. The molecule has 31 heavy (non-hydrogen) atoms. The largest absolute Gasteiger partial charge is 0.354 e. The van der Waals surface area contributed by atoms with Crippen LogP contribution in [0.25, 0.3) is 5.69 Å². The molecule has 0 unspecified atom stereocenters. The van der Waals surface area contributed by atoms with Gasteiger partial charge in [0.15, 0.2) is 0 Å². The second kappa shape index (κ2) is 8.99. The molecule has 1 aromatic heterocycles. The number of aromatic amines is 1. The normalized spacial score (nSPS) is 15.6. The highest BCUT2D eigenvalue weighted by Crippen LogP contribution is 2.15. The Hall–Kier alpha value is -3.68. The molecule has 160 valence electrons. The lowest BCUT2D eigenvalue weighted by Gasteiger charge is -2.10. The first-order valence-electron chi connectivity index (χ1n) is 10.2. The van der Waals surface area contributed by atoms with Crippen molar-refractivity contribution in [2.24, 2.45) is 0 Å². The van der Waals surface area contributed by atoms with Crippen molar-refractivity contribution in [1.29, 1.82) is 0 Å². The lowest BCUT2D eigenvalue weighted by molar-refractivity contribution is -0.127. The van der Waals surface area contributed by atoms with Crippen LogP contribution in [0.3, 0.4) is 0 Å². The Labute approximate surface area is 178 Å². The summed E-state index contributed by atoms with van der Waals surface area (Å²) in [6.45, 7) is 0.554. The summed E-state index contributed by atoms with van der Waals surface area (Å²) in [4.78, 5) is 37.2. The van der Waals surface area contributed by atoms with Crippen LogP contribution in [0, 0.1) is 5.82 Å². The third-order valence-corrected chi connectivity index (χ3v) is 5.37. The predicted molar refractivity (Wildman–Crippen MR) is 113 cm³/mol. The van der Waals surface area contributed by atoms with E-state index >= 15 is 0 Å². The first-order valence-corrected chi connectivity index (χ1v) is 10.2. The van der Waals surface area contributed by atoms with Crippen LogP contribution in [0.5, 0.6) is 0 Å². The quantitative estimate of drug-likeness (QED) is 0.542. The van der Waals surface area contributed by atoms with E-state index < -0.39 is 6.04 Å². The van der Waals surface area contributed by atoms with E-state index in [1.807, 2.05) is 30.3 Å². The molecule has 1 aliphatic heterocycles. The highest BCUT2D eigenvalue weighted by Gasteiger charge is 2.25. The number of carbonyl (C=O) groups excluding carboxylic acids is 2. The van der Waals surface area contributed by atoms with Crippen LogP contribution in [-0.4, -0.2) is 34.2 Å². The number of halogens is 1. The molecule has 0 aliphatic carbocycles. The fourth-order valence-electron chi connectivity index (χ4n) is 3.72. The van der Waals surface area contributed by atoms with Gasteiger partial charge in [0.25, 0.3) is 5.56 Å². The number of benzene rings is 2. The van der Waals surface area contributed by atoms with E-state index in [-0.39, 0.29) is 29.6 Å². The molecule has 8 heteroatoms. The zero-order valence-corrected chi connectivity index (χ0v) is 16.9. The molecular weight excluding hydrogens is 399 g/mol. The molecule has 3 aromatic rings. The lowest BCUT2D eigenvalue weighted by Crippen LogP contribution is -2.40. The minimum absolute atomic E-state index is 0.134. The molecule has 3 N–H and O–H groups in total. The molecule has 2 aromatic carbocycles. The van der Waals surface area contributed by atoms with Gasteiger partial charge in [-0.15, -0.1) is 0 Å². The summed E-state index contributed by atoms with van der Waals surface area (Å²) < 4.78 is 14.7. The van der Waals surface area contributed by atoms with Crippen molar-refractivity contribution in [2.75, 3.05) is 6.54 Å². The van der Waals surface area contributed by atoms with E-state index in [1.54, 1.807) is 0 Å². The molecule has 2 heterocycles. The van der Waals surface area contributed by atoms with Gasteiger partial charge in [0, 0.05) is 30.6 Å². The lowest BCUT2D eigenvalue weighted by atomic mass is 10.0. The molecule has 1 atom stereocenters. The summed E-state index contributed by atoms with van der Waals surface area (Å²) in [5.41, 5.74) is 2.45. The van der Waals surface area contributed by atoms with Gasteiger partial charge in [-0.05, 0) is 42.7 Å². The maximum absolute atomic E-state index is 13.3. The number of hydrogen-bond acceptors (Lipinski definition) is 3. The predicted octanol–water partition coefficient (Wildman–Crippen LogP) is 1.83. The van der Waals surface area contributed by atoms with Crippen LogP contribution in [0.4, 0.5) is 4.39 Å². The summed E-state index contributed by atoms with van der Waals surface area (Å²) >= 11 is 0. The van der Waals surface area contributed by atoms with Crippen LogP contribution in [-0.2, 0) is 22.4 Å².